The second-order valence-electron chi connectivity index (χ2n) is 8.48. The first-order chi connectivity index (χ1) is 14.8. The standard InChI is InChI=1S/C23H30BClN2O4/c25-19-9-7-16(8-10-19)21-6-2-1-5-17(21)15-27-20-13-18(14-20)23(26,22(28)29)11-3-4-12-24(30)31/h1-2,5-10,18,20,27,30-31H,3-4,11-15,26H2,(H,28,29)/t18-,20+,23?. The zero-order valence-electron chi connectivity index (χ0n) is 17.5. The number of nitrogens with two attached hydrogens (primary N) is 1. The molecule has 8 heteroatoms. The van der Waals surface area contributed by atoms with Crippen LogP contribution in [0.15, 0.2) is 48.5 Å². The maximum atomic E-state index is 11.8. The van der Waals surface area contributed by atoms with Crippen molar-refractivity contribution in [1.82, 2.24) is 5.32 Å². The van der Waals surface area contributed by atoms with E-state index in [2.05, 4.69) is 17.4 Å². The highest BCUT2D eigenvalue weighted by Crippen LogP contribution is 2.38. The zero-order valence-corrected chi connectivity index (χ0v) is 18.3. The molecule has 0 aliphatic heterocycles. The summed E-state index contributed by atoms with van der Waals surface area (Å²) in [5.74, 6) is -1.07. The molecule has 1 aliphatic carbocycles. The van der Waals surface area contributed by atoms with E-state index in [4.69, 9.17) is 27.4 Å². The Hall–Kier alpha value is -1.90. The average molecular weight is 445 g/mol. The lowest BCUT2D eigenvalue weighted by Crippen LogP contribution is -2.61. The van der Waals surface area contributed by atoms with Gasteiger partial charge in [-0.25, -0.2) is 0 Å². The molecule has 1 saturated carbocycles. The van der Waals surface area contributed by atoms with Crippen molar-refractivity contribution >= 4 is 24.7 Å². The Morgan fingerprint density at radius 3 is 2.45 bits per heavy atom. The Morgan fingerprint density at radius 1 is 1.13 bits per heavy atom. The summed E-state index contributed by atoms with van der Waals surface area (Å²) in [6.45, 7) is 0.690. The van der Waals surface area contributed by atoms with Gasteiger partial charge in [-0.05, 0) is 60.3 Å². The maximum Gasteiger partial charge on any atom is 0.451 e. The van der Waals surface area contributed by atoms with Crippen molar-refractivity contribution < 1.29 is 19.9 Å². The Morgan fingerprint density at radius 2 is 1.81 bits per heavy atom. The van der Waals surface area contributed by atoms with Crippen LogP contribution in [0.4, 0.5) is 0 Å². The van der Waals surface area contributed by atoms with Crippen LogP contribution in [0.1, 0.15) is 37.7 Å². The second-order valence-corrected chi connectivity index (χ2v) is 8.92. The molecule has 2 aromatic rings. The SMILES string of the molecule is NC(CCCCB(O)O)(C(=O)O)[C@H]1C[C@@H](NCc2ccccc2-c2ccc(Cl)cc2)C1. The lowest BCUT2D eigenvalue weighted by atomic mass is 9.66. The van der Waals surface area contributed by atoms with E-state index in [9.17, 15) is 9.90 Å². The van der Waals surface area contributed by atoms with E-state index >= 15 is 0 Å². The summed E-state index contributed by atoms with van der Waals surface area (Å²) in [4.78, 5) is 11.8. The number of hydrogen-bond acceptors (Lipinski definition) is 5. The molecule has 2 aromatic carbocycles. The van der Waals surface area contributed by atoms with Crippen LogP contribution in [0.2, 0.25) is 11.3 Å². The van der Waals surface area contributed by atoms with Crippen LogP contribution in [-0.2, 0) is 11.3 Å². The van der Waals surface area contributed by atoms with Crippen molar-refractivity contribution in [2.45, 2.75) is 56.5 Å². The minimum absolute atomic E-state index is 0.0898. The second kappa shape index (κ2) is 10.6. The molecular formula is C23H30BClN2O4. The molecular weight excluding hydrogens is 415 g/mol. The van der Waals surface area contributed by atoms with E-state index in [1.165, 1.54) is 5.56 Å². The molecule has 6 nitrogen and oxygen atoms in total. The highest BCUT2D eigenvalue weighted by Gasteiger charge is 2.48. The number of rotatable bonds is 11. The molecule has 0 bridgehead atoms. The summed E-state index contributed by atoms with van der Waals surface area (Å²) in [6.07, 6.45) is 3.11. The first-order valence-electron chi connectivity index (χ1n) is 10.7. The molecule has 166 valence electrons. The quantitative estimate of drug-likeness (QED) is 0.268. The first kappa shape index (κ1) is 23.8. The number of hydrogen-bond donors (Lipinski definition) is 5. The third-order valence-electron chi connectivity index (χ3n) is 6.32. The van der Waals surface area contributed by atoms with Gasteiger partial charge >= 0.3 is 13.1 Å². The van der Waals surface area contributed by atoms with Gasteiger partial charge in [0, 0.05) is 17.6 Å². The topological polar surface area (TPSA) is 116 Å². The third-order valence-corrected chi connectivity index (χ3v) is 6.57. The number of benzene rings is 2. The molecule has 1 aliphatic rings. The predicted molar refractivity (Wildman–Crippen MR) is 124 cm³/mol. The van der Waals surface area contributed by atoms with Gasteiger partial charge in [-0.3, -0.25) is 4.79 Å². The fraction of sp³-hybridized carbons (Fsp3) is 0.435. The lowest BCUT2D eigenvalue weighted by Gasteiger charge is -2.45. The Labute approximate surface area is 188 Å². The van der Waals surface area contributed by atoms with Crippen LogP contribution >= 0.6 is 11.6 Å². The Bertz CT molecular complexity index is 874. The summed E-state index contributed by atoms with van der Waals surface area (Å²) in [6, 6.07) is 16.2. The molecule has 0 saturated heterocycles. The van der Waals surface area contributed by atoms with E-state index in [1.54, 1.807) is 0 Å². The molecule has 0 aromatic heterocycles. The largest absolute Gasteiger partial charge is 0.480 e. The van der Waals surface area contributed by atoms with Crippen LogP contribution < -0.4 is 11.1 Å². The van der Waals surface area contributed by atoms with E-state index in [0.717, 1.165) is 11.1 Å². The number of carboxylic acids is 1. The summed E-state index contributed by atoms with van der Waals surface area (Å²) in [5, 5.41) is 31.8. The summed E-state index contributed by atoms with van der Waals surface area (Å²) in [7, 11) is -1.36. The van der Waals surface area contributed by atoms with Crippen LogP contribution in [0.5, 0.6) is 0 Å². The van der Waals surface area contributed by atoms with Crippen molar-refractivity contribution in [3.63, 3.8) is 0 Å². The number of aliphatic carboxylic acids is 1. The third kappa shape index (κ3) is 6.08. The molecule has 0 radical (unpaired) electrons. The van der Waals surface area contributed by atoms with E-state index in [1.807, 2.05) is 36.4 Å². The van der Waals surface area contributed by atoms with Gasteiger partial charge in [0.15, 0.2) is 0 Å². The fourth-order valence-electron chi connectivity index (χ4n) is 4.28. The molecule has 31 heavy (non-hydrogen) atoms. The van der Waals surface area contributed by atoms with Crippen molar-refractivity contribution in [3.8, 4) is 11.1 Å². The molecule has 0 heterocycles. The number of nitrogens with one attached hydrogen (secondary N) is 1. The van der Waals surface area contributed by atoms with Crippen molar-refractivity contribution in [1.29, 1.82) is 0 Å². The van der Waals surface area contributed by atoms with Crippen molar-refractivity contribution in [2.75, 3.05) is 0 Å². The molecule has 0 spiro atoms. The number of unbranched alkanes of at least 4 members (excludes halogenated alkanes) is 1. The molecule has 1 unspecified atom stereocenters. The van der Waals surface area contributed by atoms with Gasteiger partial charge in [-0.2, -0.15) is 0 Å². The van der Waals surface area contributed by atoms with Crippen LogP contribution in [0.25, 0.3) is 11.1 Å². The highest BCUT2D eigenvalue weighted by molar-refractivity contribution is 6.40. The van der Waals surface area contributed by atoms with Gasteiger partial charge in [0.05, 0.1) is 0 Å². The molecule has 3 rings (SSSR count). The van der Waals surface area contributed by atoms with Gasteiger partial charge < -0.3 is 26.2 Å². The first-order valence-corrected chi connectivity index (χ1v) is 11.1. The number of carboxylic acid groups (broad SMARTS) is 1. The monoisotopic (exact) mass is 444 g/mol. The molecule has 0 amide bonds. The van der Waals surface area contributed by atoms with Gasteiger partial charge in [0.25, 0.3) is 0 Å². The average Bonchev–Trinajstić information content (AvgIpc) is 2.71. The van der Waals surface area contributed by atoms with Gasteiger partial charge in [-0.1, -0.05) is 60.8 Å². The number of halogens is 1. The summed E-state index contributed by atoms with van der Waals surface area (Å²) in [5.41, 5.74) is 8.44. The predicted octanol–water partition coefficient (Wildman–Crippen LogP) is 3.30. The van der Waals surface area contributed by atoms with Gasteiger partial charge in [0.2, 0.25) is 0 Å². The Kier molecular flexibility index (Phi) is 8.14. The van der Waals surface area contributed by atoms with Crippen LogP contribution in [-0.4, -0.2) is 39.8 Å². The van der Waals surface area contributed by atoms with Gasteiger partial charge in [0.1, 0.15) is 5.54 Å². The molecule has 1 fully saturated rings. The molecule has 6 N–H and O–H groups in total. The van der Waals surface area contributed by atoms with E-state index in [-0.39, 0.29) is 18.3 Å². The lowest BCUT2D eigenvalue weighted by molar-refractivity contribution is -0.148. The van der Waals surface area contributed by atoms with Crippen LogP contribution in [0.3, 0.4) is 0 Å². The minimum atomic E-state index is -1.36. The van der Waals surface area contributed by atoms with Gasteiger partial charge in [-0.15, -0.1) is 0 Å². The molecule has 1 atom stereocenters. The van der Waals surface area contributed by atoms with Crippen molar-refractivity contribution in [2.24, 2.45) is 11.7 Å². The minimum Gasteiger partial charge on any atom is -0.480 e. The van der Waals surface area contributed by atoms with E-state index in [0.29, 0.717) is 43.7 Å². The fourth-order valence-corrected chi connectivity index (χ4v) is 4.40. The summed E-state index contributed by atoms with van der Waals surface area (Å²) >= 11 is 6.01. The van der Waals surface area contributed by atoms with Crippen LogP contribution in [0, 0.1) is 5.92 Å². The summed E-state index contributed by atoms with van der Waals surface area (Å²) < 4.78 is 0. The smallest absolute Gasteiger partial charge is 0.451 e. The number of carbonyl (C=O) groups is 1. The zero-order chi connectivity index (χ0) is 22.4. The maximum absolute atomic E-state index is 11.8. The Balaban J connectivity index is 1.54. The van der Waals surface area contributed by atoms with Crippen molar-refractivity contribution in [3.05, 3.63) is 59.1 Å². The normalized spacial score (nSPS) is 20.0. The highest BCUT2D eigenvalue weighted by atomic mass is 35.5. The van der Waals surface area contributed by atoms with E-state index < -0.39 is 18.6 Å².